The molecular weight excluding hydrogens is 352 g/mol. The summed E-state index contributed by atoms with van der Waals surface area (Å²) < 4.78 is 6.32. The Hall–Kier alpha value is -0.330. The van der Waals surface area contributed by atoms with Gasteiger partial charge in [-0.25, -0.2) is 0 Å². The Morgan fingerprint density at radius 2 is 2.35 bits per heavy atom. The van der Waals surface area contributed by atoms with Gasteiger partial charge in [0.2, 0.25) is 0 Å². The van der Waals surface area contributed by atoms with Crippen molar-refractivity contribution in [2.24, 2.45) is 0 Å². The third kappa shape index (κ3) is 3.11. The number of amides is 1. The second-order valence-electron chi connectivity index (χ2n) is 4.06. The van der Waals surface area contributed by atoms with E-state index >= 15 is 0 Å². The van der Waals surface area contributed by atoms with E-state index in [4.69, 9.17) is 16.3 Å². The molecule has 0 saturated carbocycles. The highest BCUT2D eigenvalue weighted by atomic mass is 127. The van der Waals surface area contributed by atoms with Crippen molar-refractivity contribution in [1.82, 2.24) is 4.90 Å². The van der Waals surface area contributed by atoms with E-state index in [1.165, 1.54) is 0 Å². The standard InChI is InChI=1S/C12H13ClINO2/c1-8-7-15(4-5-17-8)12(16)9-2-3-10(13)11(14)6-9/h2-3,6,8H,4-5,7H2,1H3/t8-/m1/s1. The van der Waals surface area contributed by atoms with Gasteiger partial charge >= 0.3 is 0 Å². The molecular formula is C12H13ClINO2. The molecule has 2 rings (SSSR count). The van der Waals surface area contributed by atoms with Crippen LogP contribution in [0.5, 0.6) is 0 Å². The average molecular weight is 366 g/mol. The number of halogens is 2. The number of hydrogen-bond acceptors (Lipinski definition) is 2. The quantitative estimate of drug-likeness (QED) is 0.716. The van der Waals surface area contributed by atoms with Crippen LogP contribution < -0.4 is 0 Å². The summed E-state index contributed by atoms with van der Waals surface area (Å²) in [5.74, 6) is 0.0507. The minimum atomic E-state index is 0.0507. The molecule has 0 aliphatic carbocycles. The van der Waals surface area contributed by atoms with Crippen LogP contribution in [0.15, 0.2) is 18.2 Å². The van der Waals surface area contributed by atoms with Crippen molar-refractivity contribution < 1.29 is 9.53 Å². The zero-order chi connectivity index (χ0) is 12.4. The fourth-order valence-electron chi connectivity index (χ4n) is 1.81. The second-order valence-corrected chi connectivity index (χ2v) is 5.63. The first-order valence-corrected chi connectivity index (χ1v) is 6.89. The van der Waals surface area contributed by atoms with Crippen LogP contribution >= 0.6 is 34.2 Å². The molecule has 0 bridgehead atoms. The summed E-state index contributed by atoms with van der Waals surface area (Å²) in [4.78, 5) is 14.1. The molecule has 1 fully saturated rings. The first kappa shape index (κ1) is 13.1. The predicted octanol–water partition coefficient (Wildman–Crippen LogP) is 2.81. The van der Waals surface area contributed by atoms with Crippen LogP contribution in [-0.2, 0) is 4.74 Å². The van der Waals surface area contributed by atoms with Crippen LogP contribution in [-0.4, -0.2) is 36.6 Å². The first-order chi connectivity index (χ1) is 8.08. The van der Waals surface area contributed by atoms with E-state index in [0.29, 0.717) is 30.3 Å². The smallest absolute Gasteiger partial charge is 0.254 e. The minimum Gasteiger partial charge on any atom is -0.375 e. The number of carbonyl (C=O) groups excluding carboxylic acids is 1. The summed E-state index contributed by atoms with van der Waals surface area (Å²) in [6.45, 7) is 3.89. The van der Waals surface area contributed by atoms with E-state index in [1.807, 2.05) is 17.9 Å². The Morgan fingerprint density at radius 1 is 1.59 bits per heavy atom. The van der Waals surface area contributed by atoms with Gasteiger partial charge in [0.15, 0.2) is 0 Å². The average Bonchev–Trinajstić information content (AvgIpc) is 2.32. The number of ether oxygens (including phenoxy) is 1. The van der Waals surface area contributed by atoms with Crippen molar-refractivity contribution in [1.29, 1.82) is 0 Å². The Labute approximate surface area is 119 Å². The molecule has 92 valence electrons. The molecule has 1 atom stereocenters. The van der Waals surface area contributed by atoms with Crippen LogP contribution in [0, 0.1) is 3.57 Å². The summed E-state index contributed by atoms with van der Waals surface area (Å²) in [6.07, 6.45) is 0.110. The SMILES string of the molecule is C[C@@H]1CN(C(=O)c2ccc(Cl)c(I)c2)CCO1. The minimum absolute atomic E-state index is 0.0507. The number of benzene rings is 1. The highest BCUT2D eigenvalue weighted by molar-refractivity contribution is 14.1. The van der Waals surface area contributed by atoms with Gasteiger partial charge in [0.25, 0.3) is 5.91 Å². The van der Waals surface area contributed by atoms with Crippen molar-refractivity contribution in [3.8, 4) is 0 Å². The van der Waals surface area contributed by atoms with Crippen molar-refractivity contribution in [2.45, 2.75) is 13.0 Å². The highest BCUT2D eigenvalue weighted by Gasteiger charge is 2.22. The van der Waals surface area contributed by atoms with Gasteiger partial charge in [-0.1, -0.05) is 11.6 Å². The third-order valence-corrected chi connectivity index (χ3v) is 4.24. The maximum absolute atomic E-state index is 12.2. The highest BCUT2D eigenvalue weighted by Crippen LogP contribution is 2.20. The molecule has 1 amide bonds. The summed E-state index contributed by atoms with van der Waals surface area (Å²) in [6, 6.07) is 5.36. The second kappa shape index (κ2) is 5.54. The van der Waals surface area contributed by atoms with E-state index in [-0.39, 0.29) is 12.0 Å². The van der Waals surface area contributed by atoms with Gasteiger partial charge in [-0.05, 0) is 47.7 Å². The maximum atomic E-state index is 12.2. The topological polar surface area (TPSA) is 29.5 Å². The van der Waals surface area contributed by atoms with E-state index in [9.17, 15) is 4.79 Å². The van der Waals surface area contributed by atoms with Crippen molar-refractivity contribution in [3.63, 3.8) is 0 Å². The lowest BCUT2D eigenvalue weighted by atomic mass is 10.2. The van der Waals surface area contributed by atoms with Crippen molar-refractivity contribution >= 4 is 40.1 Å². The summed E-state index contributed by atoms with van der Waals surface area (Å²) in [5.41, 5.74) is 0.688. The van der Waals surface area contributed by atoms with Gasteiger partial charge in [0, 0.05) is 22.2 Å². The van der Waals surface area contributed by atoms with E-state index in [0.717, 1.165) is 3.57 Å². The van der Waals surface area contributed by atoms with Gasteiger partial charge in [-0.3, -0.25) is 4.79 Å². The normalized spacial score (nSPS) is 20.4. The molecule has 1 aliphatic heterocycles. The van der Waals surface area contributed by atoms with Crippen molar-refractivity contribution in [2.75, 3.05) is 19.7 Å². The fourth-order valence-corrected chi connectivity index (χ4v) is 2.45. The number of hydrogen-bond donors (Lipinski definition) is 0. The van der Waals surface area contributed by atoms with Crippen LogP contribution in [0.3, 0.4) is 0 Å². The maximum Gasteiger partial charge on any atom is 0.254 e. The molecule has 5 heteroatoms. The monoisotopic (exact) mass is 365 g/mol. The Balaban J connectivity index is 2.15. The number of carbonyl (C=O) groups is 1. The molecule has 0 N–H and O–H groups in total. The van der Waals surface area contributed by atoms with Gasteiger partial charge in [-0.15, -0.1) is 0 Å². The molecule has 3 nitrogen and oxygen atoms in total. The van der Waals surface area contributed by atoms with Gasteiger partial charge in [0.05, 0.1) is 17.7 Å². The predicted molar refractivity (Wildman–Crippen MR) is 75.5 cm³/mol. The molecule has 0 unspecified atom stereocenters. The summed E-state index contributed by atoms with van der Waals surface area (Å²) in [7, 11) is 0. The van der Waals surface area contributed by atoms with Gasteiger partial charge < -0.3 is 9.64 Å². The number of morpholine rings is 1. The van der Waals surface area contributed by atoms with Crippen LogP contribution in [0.25, 0.3) is 0 Å². The molecule has 0 spiro atoms. The van der Waals surface area contributed by atoms with E-state index in [2.05, 4.69) is 22.6 Å². The Kier molecular flexibility index (Phi) is 4.27. The zero-order valence-electron chi connectivity index (χ0n) is 9.45. The van der Waals surface area contributed by atoms with Crippen LogP contribution in [0.2, 0.25) is 5.02 Å². The van der Waals surface area contributed by atoms with E-state index < -0.39 is 0 Å². The molecule has 17 heavy (non-hydrogen) atoms. The number of rotatable bonds is 1. The molecule has 1 aromatic rings. The van der Waals surface area contributed by atoms with Crippen LogP contribution in [0.1, 0.15) is 17.3 Å². The Morgan fingerprint density at radius 3 is 3.00 bits per heavy atom. The van der Waals surface area contributed by atoms with Crippen molar-refractivity contribution in [3.05, 3.63) is 32.4 Å². The summed E-state index contributed by atoms with van der Waals surface area (Å²) >= 11 is 8.07. The van der Waals surface area contributed by atoms with E-state index in [1.54, 1.807) is 12.1 Å². The number of nitrogens with zero attached hydrogens (tertiary/aromatic N) is 1. The fraction of sp³-hybridized carbons (Fsp3) is 0.417. The van der Waals surface area contributed by atoms with Gasteiger partial charge in [0.1, 0.15) is 0 Å². The third-order valence-electron chi connectivity index (χ3n) is 2.69. The molecule has 1 heterocycles. The lowest BCUT2D eigenvalue weighted by Crippen LogP contribution is -2.44. The molecule has 1 saturated heterocycles. The van der Waals surface area contributed by atoms with Crippen LogP contribution in [0.4, 0.5) is 0 Å². The molecule has 0 radical (unpaired) electrons. The van der Waals surface area contributed by atoms with Gasteiger partial charge in [-0.2, -0.15) is 0 Å². The lowest BCUT2D eigenvalue weighted by molar-refractivity contribution is -0.0124. The first-order valence-electron chi connectivity index (χ1n) is 5.44. The molecule has 1 aliphatic rings. The molecule has 1 aromatic carbocycles. The zero-order valence-corrected chi connectivity index (χ0v) is 12.4. The lowest BCUT2D eigenvalue weighted by Gasteiger charge is -2.31. The Bertz CT molecular complexity index is 439. The largest absolute Gasteiger partial charge is 0.375 e. The summed E-state index contributed by atoms with van der Waals surface area (Å²) in [5, 5.41) is 0.678. The molecule has 0 aromatic heterocycles.